The summed E-state index contributed by atoms with van der Waals surface area (Å²) in [5, 5.41) is 0.892. The number of hydrogen-bond donors (Lipinski definition) is 0. The summed E-state index contributed by atoms with van der Waals surface area (Å²) in [5.41, 5.74) is 1.54. The van der Waals surface area contributed by atoms with Crippen LogP contribution in [0.15, 0.2) is 56.6 Å². The van der Waals surface area contributed by atoms with Crippen molar-refractivity contribution in [3.8, 4) is 5.75 Å². The van der Waals surface area contributed by atoms with E-state index in [1.54, 1.807) is 24.3 Å². The Labute approximate surface area is 161 Å². The van der Waals surface area contributed by atoms with Gasteiger partial charge in [-0.3, -0.25) is 0 Å². The van der Waals surface area contributed by atoms with Crippen LogP contribution in [0.1, 0.15) is 30.4 Å². The fraction of sp³-hybridized carbons (Fsp3) is 0.250. The van der Waals surface area contributed by atoms with Crippen LogP contribution >= 0.6 is 11.6 Å². The van der Waals surface area contributed by atoms with Crippen molar-refractivity contribution in [2.75, 3.05) is 0 Å². The largest absolute Gasteiger partial charge is 0.422 e. The summed E-state index contributed by atoms with van der Waals surface area (Å²) in [6.45, 7) is 0. The van der Waals surface area contributed by atoms with E-state index in [9.17, 15) is 13.2 Å². The van der Waals surface area contributed by atoms with Crippen LogP contribution in [0.4, 0.5) is 0 Å². The van der Waals surface area contributed by atoms with Gasteiger partial charge in [-0.25, -0.2) is 4.79 Å². The van der Waals surface area contributed by atoms with Crippen molar-refractivity contribution >= 4 is 32.7 Å². The highest BCUT2D eigenvalue weighted by Crippen LogP contribution is 2.35. The molecule has 0 saturated carbocycles. The molecule has 0 fully saturated rings. The summed E-state index contributed by atoms with van der Waals surface area (Å²) < 4.78 is 35.6. The van der Waals surface area contributed by atoms with E-state index in [2.05, 4.69) is 0 Å². The molecule has 27 heavy (non-hydrogen) atoms. The lowest BCUT2D eigenvalue weighted by molar-refractivity contribution is 0.485. The predicted octanol–water partition coefficient (Wildman–Crippen LogP) is 4.48. The SMILES string of the molecule is O=c1oc2cc(OS(=O)(=O)c3ccccc3)c(Cl)cc2c2c1CCCCC2. The number of fused-ring (bicyclic) bond motifs is 3. The van der Waals surface area contributed by atoms with E-state index >= 15 is 0 Å². The van der Waals surface area contributed by atoms with Gasteiger partial charge in [0.2, 0.25) is 0 Å². The van der Waals surface area contributed by atoms with Crippen molar-refractivity contribution in [2.45, 2.75) is 37.0 Å². The maximum atomic E-state index is 12.5. The van der Waals surface area contributed by atoms with E-state index in [1.807, 2.05) is 0 Å². The minimum absolute atomic E-state index is 0.0181. The van der Waals surface area contributed by atoms with Crippen molar-refractivity contribution < 1.29 is 17.0 Å². The first-order valence-electron chi connectivity index (χ1n) is 8.73. The lowest BCUT2D eigenvalue weighted by Gasteiger charge is -2.12. The van der Waals surface area contributed by atoms with E-state index in [-0.39, 0.29) is 26.9 Å². The molecule has 0 amide bonds. The van der Waals surface area contributed by atoms with E-state index in [0.717, 1.165) is 36.6 Å². The smallest absolute Gasteiger partial charge is 0.339 e. The highest BCUT2D eigenvalue weighted by Gasteiger charge is 2.22. The van der Waals surface area contributed by atoms with Gasteiger partial charge in [0.05, 0.1) is 5.02 Å². The lowest BCUT2D eigenvalue weighted by atomic mass is 10.0. The van der Waals surface area contributed by atoms with Crippen molar-refractivity contribution in [3.63, 3.8) is 0 Å². The van der Waals surface area contributed by atoms with Gasteiger partial charge >= 0.3 is 15.7 Å². The molecule has 1 aliphatic carbocycles. The number of halogens is 1. The monoisotopic (exact) mass is 404 g/mol. The molecule has 2 aromatic carbocycles. The van der Waals surface area contributed by atoms with Gasteiger partial charge in [0, 0.05) is 17.0 Å². The maximum absolute atomic E-state index is 12.5. The molecule has 0 radical (unpaired) electrons. The van der Waals surface area contributed by atoms with Crippen LogP contribution in [0.3, 0.4) is 0 Å². The van der Waals surface area contributed by atoms with E-state index < -0.39 is 10.1 Å². The van der Waals surface area contributed by atoms with Crippen molar-refractivity contribution in [2.24, 2.45) is 0 Å². The number of hydrogen-bond acceptors (Lipinski definition) is 5. The summed E-state index contributed by atoms with van der Waals surface area (Å²) >= 11 is 6.31. The lowest BCUT2D eigenvalue weighted by Crippen LogP contribution is -2.12. The zero-order valence-electron chi connectivity index (χ0n) is 14.4. The molecule has 140 valence electrons. The van der Waals surface area contributed by atoms with Crippen LogP contribution in [0.2, 0.25) is 5.02 Å². The molecule has 5 nitrogen and oxygen atoms in total. The van der Waals surface area contributed by atoms with Gasteiger partial charge in [-0.15, -0.1) is 0 Å². The quantitative estimate of drug-likeness (QED) is 0.365. The van der Waals surface area contributed by atoms with Crippen molar-refractivity contribution in [1.29, 1.82) is 0 Å². The van der Waals surface area contributed by atoms with Crippen molar-refractivity contribution in [3.05, 3.63) is 69.0 Å². The average molecular weight is 405 g/mol. The van der Waals surface area contributed by atoms with Crippen LogP contribution in [0.5, 0.6) is 5.75 Å². The van der Waals surface area contributed by atoms with Gasteiger partial charge in [0.15, 0.2) is 5.75 Å². The molecule has 7 heteroatoms. The normalized spacial score (nSPS) is 14.6. The number of aryl methyl sites for hydroxylation is 1. The van der Waals surface area contributed by atoms with Crippen LogP contribution in [0, 0.1) is 0 Å². The average Bonchev–Trinajstić information content (AvgIpc) is 2.91. The Morgan fingerprint density at radius 1 is 0.963 bits per heavy atom. The van der Waals surface area contributed by atoms with Crippen LogP contribution in [0.25, 0.3) is 11.0 Å². The first-order chi connectivity index (χ1) is 13.0. The molecule has 0 saturated heterocycles. The van der Waals surface area contributed by atoms with Crippen LogP contribution in [-0.2, 0) is 23.0 Å². The molecule has 0 N–H and O–H groups in total. The second-order valence-electron chi connectivity index (χ2n) is 6.54. The summed E-state index contributed by atoms with van der Waals surface area (Å²) in [6.07, 6.45) is 4.46. The van der Waals surface area contributed by atoms with Gasteiger partial charge in [-0.2, -0.15) is 8.42 Å². The third kappa shape index (κ3) is 3.47. The van der Waals surface area contributed by atoms with Crippen LogP contribution < -0.4 is 9.81 Å². The molecular weight excluding hydrogens is 388 g/mol. The topological polar surface area (TPSA) is 73.6 Å². The van der Waals surface area contributed by atoms with Gasteiger partial charge in [-0.05, 0) is 49.4 Å². The predicted molar refractivity (Wildman–Crippen MR) is 103 cm³/mol. The Balaban J connectivity index is 1.82. The number of benzene rings is 2. The summed E-state index contributed by atoms with van der Waals surface area (Å²) in [7, 11) is -4.04. The molecule has 0 aliphatic heterocycles. The Morgan fingerprint density at radius 3 is 2.41 bits per heavy atom. The van der Waals surface area contributed by atoms with Gasteiger partial charge in [-0.1, -0.05) is 36.2 Å². The van der Waals surface area contributed by atoms with Gasteiger partial charge in [0.1, 0.15) is 10.5 Å². The fourth-order valence-electron chi connectivity index (χ4n) is 3.44. The fourth-order valence-corrected chi connectivity index (χ4v) is 4.65. The first kappa shape index (κ1) is 18.1. The summed E-state index contributed by atoms with van der Waals surface area (Å²) in [5.74, 6) is -0.0651. The van der Waals surface area contributed by atoms with Gasteiger partial charge < -0.3 is 8.60 Å². The Morgan fingerprint density at radius 2 is 1.67 bits per heavy atom. The third-order valence-corrected chi connectivity index (χ3v) is 6.30. The van der Waals surface area contributed by atoms with E-state index in [1.165, 1.54) is 18.2 Å². The Kier molecular flexibility index (Phi) is 4.70. The Hall–Kier alpha value is -2.31. The molecule has 0 bridgehead atoms. The van der Waals surface area contributed by atoms with E-state index in [4.69, 9.17) is 20.2 Å². The summed E-state index contributed by atoms with van der Waals surface area (Å²) in [4.78, 5) is 12.4. The highest BCUT2D eigenvalue weighted by molar-refractivity contribution is 7.87. The second-order valence-corrected chi connectivity index (χ2v) is 8.49. The number of rotatable bonds is 3. The standard InChI is InChI=1S/C20H17ClO5S/c21-17-11-16-14-9-5-2-6-10-15(14)20(22)25-18(16)12-19(17)26-27(23,24)13-7-3-1-4-8-13/h1,3-4,7-8,11-12H,2,5-6,9-10H2. The zero-order valence-corrected chi connectivity index (χ0v) is 16.0. The molecule has 0 atom stereocenters. The van der Waals surface area contributed by atoms with Gasteiger partial charge in [0.25, 0.3) is 0 Å². The molecule has 3 aromatic rings. The molecule has 0 spiro atoms. The van der Waals surface area contributed by atoms with E-state index in [0.29, 0.717) is 12.0 Å². The minimum Gasteiger partial charge on any atom is -0.422 e. The molecule has 1 aliphatic rings. The molecule has 1 aromatic heterocycles. The highest BCUT2D eigenvalue weighted by atomic mass is 35.5. The Bertz CT molecular complexity index is 1170. The molecular formula is C20H17ClO5S. The molecule has 4 rings (SSSR count). The minimum atomic E-state index is -4.04. The molecule has 0 unspecified atom stereocenters. The molecule has 1 heterocycles. The summed E-state index contributed by atoms with van der Waals surface area (Å²) in [6, 6.07) is 10.8. The van der Waals surface area contributed by atoms with Crippen molar-refractivity contribution in [1.82, 2.24) is 0 Å². The maximum Gasteiger partial charge on any atom is 0.339 e. The van der Waals surface area contributed by atoms with Crippen LogP contribution in [-0.4, -0.2) is 8.42 Å². The second kappa shape index (κ2) is 7.02. The third-order valence-electron chi connectivity index (χ3n) is 4.76. The first-order valence-corrected chi connectivity index (χ1v) is 10.5. The zero-order chi connectivity index (χ0) is 19.0.